The van der Waals surface area contributed by atoms with E-state index in [2.05, 4.69) is 10.6 Å². The predicted molar refractivity (Wildman–Crippen MR) is 110 cm³/mol. The van der Waals surface area contributed by atoms with E-state index in [1.807, 2.05) is 13.0 Å². The molecule has 0 unspecified atom stereocenters. The van der Waals surface area contributed by atoms with Gasteiger partial charge in [-0.15, -0.1) is 0 Å². The Labute approximate surface area is 176 Å². The highest BCUT2D eigenvalue weighted by Crippen LogP contribution is 2.21. The first-order valence-corrected chi connectivity index (χ1v) is 10.4. The van der Waals surface area contributed by atoms with Crippen molar-refractivity contribution in [2.75, 3.05) is 6.61 Å². The zero-order valence-corrected chi connectivity index (χ0v) is 17.7. The second-order valence-electron chi connectivity index (χ2n) is 7.29. The Hall–Kier alpha value is -2.28. The molecule has 1 atom stereocenters. The summed E-state index contributed by atoms with van der Waals surface area (Å²) in [7, 11) is 0. The maximum absolute atomic E-state index is 12.0. The third-order valence-electron chi connectivity index (χ3n) is 4.78. The number of aryl methyl sites for hydroxylation is 1. The van der Waals surface area contributed by atoms with Gasteiger partial charge in [0.1, 0.15) is 5.75 Å². The van der Waals surface area contributed by atoms with Gasteiger partial charge >= 0.3 is 12.0 Å². The lowest BCUT2D eigenvalue weighted by Gasteiger charge is -2.23. The quantitative estimate of drug-likeness (QED) is 0.487. The first kappa shape index (κ1) is 23.0. The van der Waals surface area contributed by atoms with Crippen LogP contribution in [0.4, 0.5) is 4.79 Å². The molecule has 1 aromatic carbocycles. The molecule has 0 aliphatic heterocycles. The standard InChI is InChI=1S/C21H29ClN2O5/c1-14-13-17(10-11-18(14)22)28-12-6-9-19(25)29-15(2)20(26)24-21(27)23-16-7-4-3-5-8-16/h10-11,13,15-16H,3-9,12H2,1-2H3,(H2,23,24,26,27)/t15-/m1/s1. The summed E-state index contributed by atoms with van der Waals surface area (Å²) in [5, 5.41) is 5.68. The maximum atomic E-state index is 12.0. The van der Waals surface area contributed by atoms with Gasteiger partial charge < -0.3 is 14.8 Å². The van der Waals surface area contributed by atoms with Crippen LogP contribution in [-0.2, 0) is 14.3 Å². The summed E-state index contributed by atoms with van der Waals surface area (Å²) in [5.74, 6) is -0.479. The first-order valence-electron chi connectivity index (χ1n) is 10.0. The lowest BCUT2D eigenvalue weighted by molar-refractivity contribution is -0.154. The Morgan fingerprint density at radius 2 is 1.93 bits per heavy atom. The molecule has 1 saturated carbocycles. The van der Waals surface area contributed by atoms with E-state index >= 15 is 0 Å². The summed E-state index contributed by atoms with van der Waals surface area (Å²) in [6.07, 6.45) is 4.68. The van der Waals surface area contributed by atoms with Gasteiger partial charge in [-0.3, -0.25) is 14.9 Å². The number of carbonyl (C=O) groups excluding carboxylic acids is 3. The van der Waals surface area contributed by atoms with Gasteiger partial charge in [0.15, 0.2) is 6.10 Å². The van der Waals surface area contributed by atoms with Crippen LogP contribution in [0, 0.1) is 6.92 Å². The molecule has 2 rings (SSSR count). The molecule has 3 amide bonds. The van der Waals surface area contributed by atoms with E-state index in [4.69, 9.17) is 21.1 Å². The van der Waals surface area contributed by atoms with Crippen molar-refractivity contribution in [3.63, 3.8) is 0 Å². The summed E-state index contributed by atoms with van der Waals surface area (Å²) in [5.41, 5.74) is 0.913. The Bertz CT molecular complexity index is 719. The van der Waals surface area contributed by atoms with E-state index < -0.39 is 24.0 Å². The highest BCUT2D eigenvalue weighted by atomic mass is 35.5. The van der Waals surface area contributed by atoms with Crippen molar-refractivity contribution in [1.29, 1.82) is 0 Å². The highest BCUT2D eigenvalue weighted by Gasteiger charge is 2.22. The van der Waals surface area contributed by atoms with Gasteiger partial charge in [-0.1, -0.05) is 30.9 Å². The maximum Gasteiger partial charge on any atom is 0.321 e. The van der Waals surface area contributed by atoms with Gasteiger partial charge in [-0.25, -0.2) is 4.79 Å². The number of urea groups is 1. The molecule has 0 bridgehead atoms. The molecule has 1 aliphatic rings. The number of rotatable bonds is 8. The van der Waals surface area contributed by atoms with Crippen LogP contribution in [-0.4, -0.2) is 36.7 Å². The number of hydrogen-bond acceptors (Lipinski definition) is 5. The number of imide groups is 1. The number of nitrogens with one attached hydrogen (secondary N) is 2. The molecule has 8 heteroatoms. The van der Waals surface area contributed by atoms with Crippen LogP contribution >= 0.6 is 11.6 Å². The number of hydrogen-bond donors (Lipinski definition) is 2. The molecule has 0 saturated heterocycles. The van der Waals surface area contributed by atoms with E-state index in [0.717, 1.165) is 31.2 Å². The van der Waals surface area contributed by atoms with Crippen LogP contribution in [0.15, 0.2) is 18.2 Å². The molecule has 1 fully saturated rings. The number of benzene rings is 1. The van der Waals surface area contributed by atoms with Crippen molar-refractivity contribution in [1.82, 2.24) is 10.6 Å². The van der Waals surface area contributed by atoms with Crippen LogP contribution in [0.5, 0.6) is 5.75 Å². The normalized spacial score (nSPS) is 15.3. The lowest BCUT2D eigenvalue weighted by Crippen LogP contribution is -2.48. The fourth-order valence-corrected chi connectivity index (χ4v) is 3.22. The van der Waals surface area contributed by atoms with E-state index in [1.54, 1.807) is 12.1 Å². The minimum atomic E-state index is -1.04. The second kappa shape index (κ2) is 11.7. The van der Waals surface area contributed by atoms with E-state index in [9.17, 15) is 14.4 Å². The van der Waals surface area contributed by atoms with Crippen LogP contribution in [0.2, 0.25) is 5.02 Å². The lowest BCUT2D eigenvalue weighted by atomic mass is 9.96. The van der Waals surface area contributed by atoms with Gasteiger partial charge in [0.25, 0.3) is 5.91 Å². The van der Waals surface area contributed by atoms with E-state index in [0.29, 0.717) is 23.8 Å². The monoisotopic (exact) mass is 424 g/mol. The fraction of sp³-hybridized carbons (Fsp3) is 0.571. The van der Waals surface area contributed by atoms with Crippen molar-refractivity contribution < 1.29 is 23.9 Å². The fourth-order valence-electron chi connectivity index (χ4n) is 3.11. The predicted octanol–water partition coefficient (Wildman–Crippen LogP) is 3.90. The van der Waals surface area contributed by atoms with Crippen LogP contribution in [0.3, 0.4) is 0 Å². The molecular formula is C21H29ClN2O5. The molecular weight excluding hydrogens is 396 g/mol. The number of halogens is 1. The third-order valence-corrected chi connectivity index (χ3v) is 5.20. The molecule has 0 spiro atoms. The van der Waals surface area contributed by atoms with E-state index in [-0.39, 0.29) is 12.5 Å². The van der Waals surface area contributed by atoms with Crippen molar-refractivity contribution in [3.05, 3.63) is 28.8 Å². The Balaban J connectivity index is 1.62. The average Bonchev–Trinajstić information content (AvgIpc) is 2.68. The van der Waals surface area contributed by atoms with Gasteiger partial charge in [0.2, 0.25) is 0 Å². The van der Waals surface area contributed by atoms with Gasteiger partial charge in [-0.05, 0) is 56.9 Å². The largest absolute Gasteiger partial charge is 0.494 e. The van der Waals surface area contributed by atoms with E-state index in [1.165, 1.54) is 13.3 Å². The van der Waals surface area contributed by atoms with Gasteiger partial charge in [0, 0.05) is 17.5 Å². The molecule has 1 aromatic rings. The van der Waals surface area contributed by atoms with Gasteiger partial charge in [-0.2, -0.15) is 0 Å². The average molecular weight is 425 g/mol. The van der Waals surface area contributed by atoms with Gasteiger partial charge in [0.05, 0.1) is 6.61 Å². The second-order valence-corrected chi connectivity index (χ2v) is 7.70. The Morgan fingerprint density at radius 1 is 1.21 bits per heavy atom. The minimum absolute atomic E-state index is 0.0961. The Kier molecular flexibility index (Phi) is 9.25. The molecule has 0 heterocycles. The third kappa shape index (κ3) is 8.31. The Morgan fingerprint density at radius 3 is 2.62 bits per heavy atom. The molecule has 2 N–H and O–H groups in total. The number of amides is 3. The summed E-state index contributed by atoms with van der Waals surface area (Å²) in [6, 6.07) is 4.89. The summed E-state index contributed by atoms with van der Waals surface area (Å²) < 4.78 is 10.7. The molecule has 160 valence electrons. The minimum Gasteiger partial charge on any atom is -0.494 e. The summed E-state index contributed by atoms with van der Waals surface area (Å²) in [6.45, 7) is 3.66. The summed E-state index contributed by atoms with van der Waals surface area (Å²) >= 11 is 5.96. The molecule has 0 radical (unpaired) electrons. The zero-order chi connectivity index (χ0) is 21.2. The SMILES string of the molecule is Cc1cc(OCCCC(=O)O[C@H](C)C(=O)NC(=O)NC2CCCCC2)ccc1Cl. The van der Waals surface area contributed by atoms with Crippen LogP contribution in [0.25, 0.3) is 0 Å². The zero-order valence-electron chi connectivity index (χ0n) is 17.0. The smallest absolute Gasteiger partial charge is 0.321 e. The van der Waals surface area contributed by atoms with Crippen molar-refractivity contribution in [2.24, 2.45) is 0 Å². The molecule has 1 aliphatic carbocycles. The van der Waals surface area contributed by atoms with Crippen LogP contribution in [0.1, 0.15) is 57.4 Å². The van der Waals surface area contributed by atoms with Crippen molar-refractivity contribution >= 4 is 29.5 Å². The topological polar surface area (TPSA) is 93.7 Å². The first-order chi connectivity index (χ1) is 13.8. The highest BCUT2D eigenvalue weighted by molar-refractivity contribution is 6.31. The number of carbonyl (C=O) groups is 3. The van der Waals surface area contributed by atoms with Crippen molar-refractivity contribution in [2.45, 2.75) is 70.9 Å². The number of esters is 1. The van der Waals surface area contributed by atoms with Crippen molar-refractivity contribution in [3.8, 4) is 5.75 Å². The summed E-state index contributed by atoms with van der Waals surface area (Å²) in [4.78, 5) is 35.8. The molecule has 7 nitrogen and oxygen atoms in total. The van der Waals surface area contributed by atoms with Crippen LogP contribution < -0.4 is 15.4 Å². The molecule has 29 heavy (non-hydrogen) atoms. The number of ether oxygens (including phenoxy) is 2. The molecule has 0 aromatic heterocycles.